The topological polar surface area (TPSA) is 174 Å². The third-order valence-electron chi connectivity index (χ3n) is 7.27. The number of piperidine rings is 1. The molecule has 0 amide bonds. The zero-order valence-corrected chi connectivity index (χ0v) is 21.9. The number of esters is 1. The van der Waals surface area contributed by atoms with Crippen molar-refractivity contribution in [3.8, 4) is 6.07 Å². The van der Waals surface area contributed by atoms with Gasteiger partial charge in [0.2, 0.25) is 11.9 Å². The minimum absolute atomic E-state index is 0.114. The number of aliphatic hydroxyl groups is 1. The molecule has 1 aliphatic carbocycles. The molecule has 3 aromatic carbocycles. The minimum Gasteiger partial charge on any atom is -0.479 e. The van der Waals surface area contributed by atoms with Gasteiger partial charge >= 0.3 is 23.5 Å². The van der Waals surface area contributed by atoms with Crippen LogP contribution in [0.25, 0.3) is 0 Å². The van der Waals surface area contributed by atoms with E-state index in [2.05, 4.69) is 23.5 Å². The van der Waals surface area contributed by atoms with Crippen LogP contribution in [0, 0.1) is 11.3 Å². The smallest absolute Gasteiger partial charge is 0.360 e. The first-order valence-electron chi connectivity index (χ1n) is 13.0. The maximum Gasteiger partial charge on any atom is 0.360 e. The molecule has 0 bridgehead atoms. The van der Waals surface area contributed by atoms with Gasteiger partial charge in [-0.15, -0.1) is 0 Å². The monoisotopic (exact) mass is 556 g/mol. The second kappa shape index (κ2) is 12.6. The number of carbonyl (C=O) groups is 4. The highest BCUT2D eigenvalue weighted by atomic mass is 16.6. The fourth-order valence-electron chi connectivity index (χ4n) is 5.21. The largest absolute Gasteiger partial charge is 0.479 e. The quantitative estimate of drug-likeness (QED) is 0.192. The number of carboxylic acid groups (broad SMARTS) is 2. The lowest BCUT2D eigenvalue weighted by molar-refractivity contribution is -0.176. The third kappa shape index (κ3) is 6.01. The van der Waals surface area contributed by atoms with Crippen LogP contribution in [0.15, 0.2) is 78.9 Å². The number of benzene rings is 3. The van der Waals surface area contributed by atoms with Gasteiger partial charge in [0.05, 0.1) is 17.2 Å². The SMILES string of the molecule is N#Cc1ccc2c(c1)[C@H]1CCCN[C@H]1C2.O=C(O[C@@](C(=O)O)(C(=O)c1ccccc1)[C@H](O)C(=O)O)c1ccccc1. The van der Waals surface area contributed by atoms with E-state index in [1.165, 1.54) is 72.5 Å². The van der Waals surface area contributed by atoms with Crippen molar-refractivity contribution in [1.82, 2.24) is 5.32 Å². The lowest BCUT2D eigenvalue weighted by Gasteiger charge is -2.30. The molecule has 0 radical (unpaired) electrons. The Morgan fingerprint density at radius 3 is 2.17 bits per heavy atom. The van der Waals surface area contributed by atoms with E-state index in [4.69, 9.17) is 15.1 Å². The summed E-state index contributed by atoms with van der Waals surface area (Å²) in [5.41, 5.74) is -0.0302. The number of ketones is 1. The summed E-state index contributed by atoms with van der Waals surface area (Å²) in [7, 11) is 0. The van der Waals surface area contributed by atoms with Gasteiger partial charge in [-0.2, -0.15) is 5.26 Å². The van der Waals surface area contributed by atoms with Crippen LogP contribution in [0.1, 0.15) is 56.2 Å². The van der Waals surface area contributed by atoms with Crippen LogP contribution < -0.4 is 5.32 Å². The van der Waals surface area contributed by atoms with Crippen LogP contribution in [-0.2, 0) is 20.7 Å². The molecule has 10 heteroatoms. The molecule has 1 fully saturated rings. The number of fused-ring (bicyclic) bond motifs is 3. The van der Waals surface area contributed by atoms with E-state index in [1.807, 2.05) is 6.07 Å². The molecule has 5 rings (SSSR count). The molecule has 41 heavy (non-hydrogen) atoms. The van der Waals surface area contributed by atoms with Gasteiger partial charge in [-0.05, 0) is 67.1 Å². The molecule has 2 aliphatic rings. The highest BCUT2D eigenvalue weighted by Gasteiger charge is 2.59. The van der Waals surface area contributed by atoms with Crippen LogP contribution in [0.5, 0.6) is 0 Å². The van der Waals surface area contributed by atoms with Crippen molar-refractivity contribution < 1.29 is 39.2 Å². The van der Waals surface area contributed by atoms with Gasteiger partial charge in [0.25, 0.3) is 0 Å². The van der Waals surface area contributed by atoms with Crippen molar-refractivity contribution in [2.75, 3.05) is 6.54 Å². The Kier molecular flexibility index (Phi) is 8.92. The average Bonchev–Trinajstić information content (AvgIpc) is 3.38. The Morgan fingerprint density at radius 1 is 0.951 bits per heavy atom. The fourth-order valence-corrected chi connectivity index (χ4v) is 5.21. The van der Waals surface area contributed by atoms with Crippen molar-refractivity contribution in [2.24, 2.45) is 0 Å². The molecule has 1 saturated heterocycles. The summed E-state index contributed by atoms with van der Waals surface area (Å²) in [6.07, 6.45) is 0.864. The van der Waals surface area contributed by atoms with E-state index in [9.17, 15) is 29.4 Å². The number of nitriles is 1. The summed E-state index contributed by atoms with van der Waals surface area (Å²) in [5.74, 6) is -6.12. The standard InChI is InChI=1S/C18H14O8.C13H14N2/c19-13(11-7-3-1-4-8-11)18(17(24)25,14(20)15(21)22)26-16(23)12-9-5-2-6-10-12;14-8-9-3-4-10-7-13-11(12(10)6-9)2-1-5-15-13/h1-10,14,20H,(H,21,22)(H,24,25);3-4,6,11,13,15H,1-2,5,7H2/t14-,18+;11-,13+/m11/s1. The average molecular weight is 557 g/mol. The predicted octanol–water partition coefficient (Wildman–Crippen LogP) is 2.95. The van der Waals surface area contributed by atoms with Gasteiger partial charge in [-0.1, -0.05) is 54.6 Å². The first kappa shape index (κ1) is 29.1. The Hall–Kier alpha value is -4.85. The summed E-state index contributed by atoms with van der Waals surface area (Å²) in [6, 6.07) is 22.9. The lowest BCUT2D eigenvalue weighted by atomic mass is 9.87. The number of carbonyl (C=O) groups excluding carboxylic acids is 2. The number of Topliss-reactive ketones (excluding diaryl/α,β-unsaturated/α-hetero) is 1. The highest BCUT2D eigenvalue weighted by Crippen LogP contribution is 2.38. The molecule has 4 atom stereocenters. The number of hydrogen-bond acceptors (Lipinski definition) is 8. The second-order valence-corrected chi connectivity index (χ2v) is 9.77. The number of rotatable bonds is 7. The molecule has 1 heterocycles. The maximum atomic E-state index is 12.7. The zero-order valence-electron chi connectivity index (χ0n) is 21.9. The van der Waals surface area contributed by atoms with Gasteiger partial charge in [0, 0.05) is 11.6 Å². The third-order valence-corrected chi connectivity index (χ3v) is 7.27. The molecular weight excluding hydrogens is 528 g/mol. The number of aliphatic hydroxyl groups excluding tert-OH is 1. The number of nitrogens with zero attached hydrogens (tertiary/aromatic N) is 1. The Bertz CT molecular complexity index is 1480. The van der Waals surface area contributed by atoms with E-state index in [0.29, 0.717) is 12.0 Å². The molecule has 0 aromatic heterocycles. The minimum atomic E-state index is -3.35. The first-order chi connectivity index (χ1) is 19.7. The molecule has 0 spiro atoms. The van der Waals surface area contributed by atoms with Crippen LogP contribution in [0.3, 0.4) is 0 Å². The molecule has 0 unspecified atom stereocenters. The Morgan fingerprint density at radius 2 is 1.59 bits per heavy atom. The second-order valence-electron chi connectivity index (χ2n) is 9.77. The number of ether oxygens (including phenoxy) is 1. The van der Waals surface area contributed by atoms with E-state index in [0.717, 1.165) is 18.5 Å². The van der Waals surface area contributed by atoms with E-state index in [1.54, 1.807) is 12.1 Å². The van der Waals surface area contributed by atoms with Crippen molar-refractivity contribution in [3.63, 3.8) is 0 Å². The van der Waals surface area contributed by atoms with E-state index < -0.39 is 35.4 Å². The summed E-state index contributed by atoms with van der Waals surface area (Å²) < 4.78 is 4.81. The normalized spacial score (nSPS) is 19.0. The molecule has 0 saturated carbocycles. The van der Waals surface area contributed by atoms with Crippen molar-refractivity contribution in [3.05, 3.63) is 107 Å². The lowest BCUT2D eigenvalue weighted by Crippen LogP contribution is -2.61. The van der Waals surface area contributed by atoms with Gasteiger partial charge < -0.3 is 25.4 Å². The summed E-state index contributed by atoms with van der Waals surface area (Å²) in [5, 5.41) is 41.1. The number of aliphatic carboxylic acids is 2. The summed E-state index contributed by atoms with van der Waals surface area (Å²) in [4.78, 5) is 48.1. The molecule has 1 aliphatic heterocycles. The van der Waals surface area contributed by atoms with Gasteiger partial charge in [0.1, 0.15) is 0 Å². The molecule has 10 nitrogen and oxygen atoms in total. The van der Waals surface area contributed by atoms with Crippen molar-refractivity contribution in [1.29, 1.82) is 5.26 Å². The van der Waals surface area contributed by atoms with Gasteiger partial charge in [-0.25, -0.2) is 14.4 Å². The Labute approximate surface area is 235 Å². The van der Waals surface area contributed by atoms with E-state index in [-0.39, 0.29) is 11.1 Å². The van der Waals surface area contributed by atoms with Gasteiger partial charge in [-0.3, -0.25) is 4.79 Å². The number of nitrogens with one attached hydrogen (secondary N) is 1. The molecule has 4 N–H and O–H groups in total. The molecule has 3 aromatic rings. The van der Waals surface area contributed by atoms with E-state index >= 15 is 0 Å². The molecular formula is C31H28N2O8. The van der Waals surface area contributed by atoms with Gasteiger partial charge in [0.15, 0.2) is 0 Å². The van der Waals surface area contributed by atoms with Crippen molar-refractivity contribution in [2.45, 2.75) is 42.9 Å². The zero-order chi connectivity index (χ0) is 29.6. The molecule has 210 valence electrons. The van der Waals surface area contributed by atoms with Crippen molar-refractivity contribution >= 4 is 23.7 Å². The van der Waals surface area contributed by atoms with Crippen LogP contribution in [0.2, 0.25) is 0 Å². The number of carboxylic acids is 2. The van der Waals surface area contributed by atoms with Crippen LogP contribution >= 0.6 is 0 Å². The predicted molar refractivity (Wildman–Crippen MR) is 145 cm³/mol. The number of hydrogen-bond donors (Lipinski definition) is 4. The van der Waals surface area contributed by atoms with Crippen LogP contribution in [0.4, 0.5) is 0 Å². The fraction of sp³-hybridized carbons (Fsp3) is 0.258. The summed E-state index contributed by atoms with van der Waals surface area (Å²) >= 11 is 0. The van der Waals surface area contributed by atoms with Crippen LogP contribution in [-0.4, -0.2) is 63.3 Å². The highest BCUT2D eigenvalue weighted by molar-refractivity contribution is 6.19. The summed E-state index contributed by atoms with van der Waals surface area (Å²) in [6.45, 7) is 1.15. The Balaban J connectivity index is 0.000000216. The maximum absolute atomic E-state index is 12.7. The first-order valence-corrected chi connectivity index (χ1v) is 13.0.